The van der Waals surface area contributed by atoms with Gasteiger partial charge < -0.3 is 20.2 Å². The molecular weight excluding hydrogens is 302 g/mol. The third-order valence-electron chi connectivity index (χ3n) is 3.80. The van der Waals surface area contributed by atoms with Gasteiger partial charge in [0.15, 0.2) is 0 Å². The number of nitrogens with two attached hydrogens (primary N) is 1. The lowest BCUT2D eigenvalue weighted by molar-refractivity contribution is -0.124. The molecule has 0 aromatic carbocycles. The van der Waals surface area contributed by atoms with Gasteiger partial charge in [0.25, 0.3) is 0 Å². The SMILES string of the molecule is NC(C(=O)NCc1coc(-c2cccs2)n1)C1CCOCC1. The molecule has 118 valence electrons. The first kappa shape index (κ1) is 15.2. The van der Waals surface area contributed by atoms with Crippen molar-refractivity contribution in [3.05, 3.63) is 29.5 Å². The quantitative estimate of drug-likeness (QED) is 0.876. The average molecular weight is 321 g/mol. The topological polar surface area (TPSA) is 90.4 Å². The third-order valence-corrected chi connectivity index (χ3v) is 4.66. The Kier molecular flexibility index (Phi) is 4.87. The summed E-state index contributed by atoms with van der Waals surface area (Å²) in [6.45, 7) is 1.68. The Morgan fingerprint density at radius 3 is 3.05 bits per heavy atom. The molecule has 0 spiro atoms. The van der Waals surface area contributed by atoms with E-state index < -0.39 is 6.04 Å². The van der Waals surface area contributed by atoms with E-state index in [2.05, 4.69) is 10.3 Å². The maximum Gasteiger partial charge on any atom is 0.237 e. The molecule has 2 aromatic rings. The van der Waals surface area contributed by atoms with Crippen LogP contribution in [0, 0.1) is 5.92 Å². The van der Waals surface area contributed by atoms with Gasteiger partial charge in [0, 0.05) is 13.2 Å². The first-order valence-corrected chi connectivity index (χ1v) is 8.21. The normalized spacial score (nSPS) is 17.3. The van der Waals surface area contributed by atoms with Crippen molar-refractivity contribution in [1.82, 2.24) is 10.3 Å². The number of amides is 1. The Labute approximate surface area is 132 Å². The molecule has 0 aliphatic carbocycles. The maximum atomic E-state index is 12.1. The lowest BCUT2D eigenvalue weighted by atomic mass is 9.92. The van der Waals surface area contributed by atoms with Crippen LogP contribution in [0.1, 0.15) is 18.5 Å². The molecule has 0 bridgehead atoms. The largest absolute Gasteiger partial charge is 0.443 e. The van der Waals surface area contributed by atoms with E-state index in [0.717, 1.165) is 17.7 Å². The maximum absolute atomic E-state index is 12.1. The van der Waals surface area contributed by atoms with Crippen molar-refractivity contribution in [2.24, 2.45) is 11.7 Å². The second-order valence-electron chi connectivity index (χ2n) is 5.31. The van der Waals surface area contributed by atoms with Crippen molar-refractivity contribution < 1.29 is 13.9 Å². The Balaban J connectivity index is 1.52. The first-order valence-electron chi connectivity index (χ1n) is 7.33. The highest BCUT2D eigenvalue weighted by molar-refractivity contribution is 7.13. The van der Waals surface area contributed by atoms with E-state index in [4.69, 9.17) is 14.9 Å². The predicted molar refractivity (Wildman–Crippen MR) is 83.2 cm³/mol. The van der Waals surface area contributed by atoms with Crippen molar-refractivity contribution in [1.29, 1.82) is 0 Å². The van der Waals surface area contributed by atoms with Gasteiger partial charge in [-0.05, 0) is 30.2 Å². The minimum absolute atomic E-state index is 0.146. The number of oxazole rings is 1. The fourth-order valence-corrected chi connectivity index (χ4v) is 3.14. The molecule has 2 aromatic heterocycles. The molecule has 3 heterocycles. The first-order chi connectivity index (χ1) is 10.7. The van der Waals surface area contributed by atoms with Gasteiger partial charge in [-0.25, -0.2) is 4.98 Å². The summed E-state index contributed by atoms with van der Waals surface area (Å²) < 4.78 is 10.7. The summed E-state index contributed by atoms with van der Waals surface area (Å²) in [5, 5.41) is 4.80. The van der Waals surface area contributed by atoms with Gasteiger partial charge in [-0.3, -0.25) is 4.79 Å². The molecule has 1 atom stereocenters. The highest BCUT2D eigenvalue weighted by atomic mass is 32.1. The second-order valence-corrected chi connectivity index (χ2v) is 6.26. The van der Waals surface area contributed by atoms with E-state index in [1.165, 1.54) is 0 Å². The lowest BCUT2D eigenvalue weighted by Gasteiger charge is -2.26. The second kappa shape index (κ2) is 7.04. The molecule has 3 rings (SSSR count). The van der Waals surface area contributed by atoms with Crippen LogP contribution in [0.25, 0.3) is 10.8 Å². The average Bonchev–Trinajstić information content (AvgIpc) is 3.23. The Hall–Kier alpha value is -1.70. The molecule has 3 N–H and O–H groups in total. The number of nitrogens with one attached hydrogen (secondary N) is 1. The fraction of sp³-hybridized carbons (Fsp3) is 0.467. The molecule has 1 aliphatic rings. The number of aromatic nitrogens is 1. The minimum atomic E-state index is -0.493. The van der Waals surface area contributed by atoms with E-state index in [9.17, 15) is 4.79 Å². The van der Waals surface area contributed by atoms with Crippen molar-refractivity contribution in [3.63, 3.8) is 0 Å². The third kappa shape index (κ3) is 3.55. The number of nitrogens with zero attached hydrogens (tertiary/aromatic N) is 1. The van der Waals surface area contributed by atoms with Gasteiger partial charge in [0.2, 0.25) is 11.8 Å². The Bertz CT molecular complexity index is 605. The number of carbonyl (C=O) groups excluding carboxylic acids is 1. The van der Waals surface area contributed by atoms with Crippen LogP contribution in [0.5, 0.6) is 0 Å². The van der Waals surface area contributed by atoms with Gasteiger partial charge in [-0.2, -0.15) is 0 Å². The van der Waals surface area contributed by atoms with Gasteiger partial charge in [-0.1, -0.05) is 6.07 Å². The molecule has 1 amide bonds. The van der Waals surface area contributed by atoms with Gasteiger partial charge >= 0.3 is 0 Å². The number of hydrogen-bond donors (Lipinski definition) is 2. The zero-order valence-electron chi connectivity index (χ0n) is 12.2. The minimum Gasteiger partial charge on any atom is -0.443 e. The van der Waals surface area contributed by atoms with E-state index in [0.29, 0.717) is 31.3 Å². The summed E-state index contributed by atoms with van der Waals surface area (Å²) in [6.07, 6.45) is 3.23. The van der Waals surface area contributed by atoms with Crippen molar-refractivity contribution >= 4 is 17.2 Å². The number of thiophene rings is 1. The fourth-order valence-electron chi connectivity index (χ4n) is 2.49. The van der Waals surface area contributed by atoms with Gasteiger partial charge in [0.1, 0.15) is 6.26 Å². The van der Waals surface area contributed by atoms with E-state index in [1.54, 1.807) is 17.6 Å². The van der Waals surface area contributed by atoms with Crippen LogP contribution in [0.2, 0.25) is 0 Å². The zero-order chi connectivity index (χ0) is 15.4. The highest BCUT2D eigenvalue weighted by Crippen LogP contribution is 2.23. The van der Waals surface area contributed by atoms with E-state index >= 15 is 0 Å². The van der Waals surface area contributed by atoms with Gasteiger partial charge in [-0.15, -0.1) is 11.3 Å². The molecule has 1 saturated heterocycles. The zero-order valence-corrected chi connectivity index (χ0v) is 13.0. The Morgan fingerprint density at radius 1 is 1.50 bits per heavy atom. The summed E-state index contributed by atoms with van der Waals surface area (Å²) >= 11 is 1.56. The molecule has 0 saturated carbocycles. The summed E-state index contributed by atoms with van der Waals surface area (Å²) in [6, 6.07) is 3.39. The highest BCUT2D eigenvalue weighted by Gasteiger charge is 2.26. The number of hydrogen-bond acceptors (Lipinski definition) is 6. The molecule has 1 aliphatic heterocycles. The van der Waals surface area contributed by atoms with Crippen LogP contribution < -0.4 is 11.1 Å². The standard InChI is InChI=1S/C15H19N3O3S/c16-13(10-3-5-20-6-4-10)14(19)17-8-11-9-21-15(18-11)12-2-1-7-22-12/h1-2,7,9-10,13H,3-6,8,16H2,(H,17,19). The van der Waals surface area contributed by atoms with Crippen molar-refractivity contribution in [2.45, 2.75) is 25.4 Å². The molecule has 0 radical (unpaired) electrons. The summed E-state index contributed by atoms with van der Waals surface area (Å²) in [5.74, 6) is 0.619. The Morgan fingerprint density at radius 2 is 2.32 bits per heavy atom. The number of rotatable bonds is 5. The molecule has 7 heteroatoms. The van der Waals surface area contributed by atoms with Gasteiger partial charge in [0.05, 0.1) is 23.2 Å². The molecule has 22 heavy (non-hydrogen) atoms. The number of ether oxygens (including phenoxy) is 1. The lowest BCUT2D eigenvalue weighted by Crippen LogP contribution is -2.46. The van der Waals surface area contributed by atoms with E-state index in [1.807, 2.05) is 17.5 Å². The van der Waals surface area contributed by atoms with Crippen LogP contribution in [0.15, 0.2) is 28.2 Å². The van der Waals surface area contributed by atoms with Crippen LogP contribution in [-0.2, 0) is 16.1 Å². The monoisotopic (exact) mass is 321 g/mol. The molecule has 6 nitrogen and oxygen atoms in total. The van der Waals surface area contributed by atoms with Crippen LogP contribution in [-0.4, -0.2) is 30.1 Å². The van der Waals surface area contributed by atoms with E-state index in [-0.39, 0.29) is 11.8 Å². The van der Waals surface area contributed by atoms with Crippen LogP contribution >= 0.6 is 11.3 Å². The summed E-state index contributed by atoms with van der Waals surface area (Å²) in [5.41, 5.74) is 6.72. The van der Waals surface area contributed by atoms with Crippen LogP contribution in [0.4, 0.5) is 0 Å². The summed E-state index contributed by atoms with van der Waals surface area (Å²) in [4.78, 5) is 17.5. The van der Waals surface area contributed by atoms with Crippen molar-refractivity contribution in [2.75, 3.05) is 13.2 Å². The molecule has 1 fully saturated rings. The smallest absolute Gasteiger partial charge is 0.237 e. The predicted octanol–water partition coefficient (Wildman–Crippen LogP) is 1.77. The summed E-state index contributed by atoms with van der Waals surface area (Å²) in [7, 11) is 0. The number of carbonyl (C=O) groups is 1. The van der Waals surface area contributed by atoms with Crippen molar-refractivity contribution in [3.8, 4) is 10.8 Å². The molecular formula is C15H19N3O3S. The van der Waals surface area contributed by atoms with Crippen LogP contribution in [0.3, 0.4) is 0 Å². The molecule has 1 unspecified atom stereocenters.